The van der Waals surface area contributed by atoms with Gasteiger partial charge < -0.3 is 9.82 Å². The van der Waals surface area contributed by atoms with Gasteiger partial charge in [-0.15, -0.1) is 0 Å². The van der Waals surface area contributed by atoms with Gasteiger partial charge in [0.05, 0.1) is 16.7 Å². The molecular weight excluding hydrogens is 368 g/mol. The molecule has 140 valence electrons. The molecule has 29 heavy (non-hydrogen) atoms. The number of carbonyl (C=O) groups excluding carboxylic acids is 3. The summed E-state index contributed by atoms with van der Waals surface area (Å²) >= 11 is 0. The highest BCUT2D eigenvalue weighted by atomic mass is 16.7. The van der Waals surface area contributed by atoms with E-state index in [0.717, 1.165) is 22.2 Å². The summed E-state index contributed by atoms with van der Waals surface area (Å²) in [6.45, 7) is 0. The zero-order chi connectivity index (χ0) is 20.0. The molecule has 6 heteroatoms. The van der Waals surface area contributed by atoms with Crippen molar-refractivity contribution in [2.75, 3.05) is 0 Å². The van der Waals surface area contributed by atoms with E-state index >= 15 is 0 Å². The largest absolute Gasteiger partial charge is 0.364 e. The number of hydrogen-bond donors (Lipinski definition) is 1. The number of nitrogens with one attached hydrogen (secondary N) is 1. The molecule has 1 N–H and O–H groups in total. The van der Waals surface area contributed by atoms with Crippen LogP contribution in [0.1, 0.15) is 31.1 Å². The summed E-state index contributed by atoms with van der Waals surface area (Å²) in [6, 6.07) is 23.2. The summed E-state index contributed by atoms with van der Waals surface area (Å²) in [5.74, 6) is -2.07. The summed E-state index contributed by atoms with van der Waals surface area (Å²) in [5, 5.41) is 1.45. The lowest BCUT2D eigenvalue weighted by molar-refractivity contribution is -0.0584. The Kier molecular flexibility index (Phi) is 3.77. The van der Waals surface area contributed by atoms with Gasteiger partial charge >= 0.3 is 5.97 Å². The van der Waals surface area contributed by atoms with Gasteiger partial charge in [-0.05, 0) is 35.9 Å². The first kappa shape index (κ1) is 16.9. The lowest BCUT2D eigenvalue weighted by Gasteiger charge is -2.12. The standard InChI is InChI=1S/C23H14N2O4/c26-21-17-8-4-5-9-18(17)22(27)25(21)29-23(28)16-11-10-15-12-19(24-20(15)13-16)14-6-2-1-3-7-14/h1-13,24H. The molecule has 2 amide bonds. The van der Waals surface area contributed by atoms with Gasteiger partial charge in [0.2, 0.25) is 0 Å². The van der Waals surface area contributed by atoms with Crippen LogP contribution in [0.3, 0.4) is 0 Å². The number of amides is 2. The van der Waals surface area contributed by atoms with Crippen molar-refractivity contribution in [1.82, 2.24) is 10.0 Å². The van der Waals surface area contributed by atoms with Crippen LogP contribution in [0.5, 0.6) is 0 Å². The van der Waals surface area contributed by atoms with Crippen LogP contribution in [0.25, 0.3) is 22.2 Å². The van der Waals surface area contributed by atoms with Gasteiger partial charge in [-0.2, -0.15) is 0 Å². The van der Waals surface area contributed by atoms with Crippen LogP contribution in [0, 0.1) is 0 Å². The first-order chi connectivity index (χ1) is 14.1. The van der Waals surface area contributed by atoms with Crippen LogP contribution in [-0.4, -0.2) is 27.8 Å². The van der Waals surface area contributed by atoms with Crippen molar-refractivity contribution in [2.45, 2.75) is 0 Å². The average molecular weight is 382 g/mol. The molecule has 0 spiro atoms. The second kappa shape index (κ2) is 6.45. The number of nitrogens with zero attached hydrogens (tertiary/aromatic N) is 1. The van der Waals surface area contributed by atoms with E-state index in [0.29, 0.717) is 5.06 Å². The Morgan fingerprint density at radius 2 is 1.45 bits per heavy atom. The summed E-state index contributed by atoms with van der Waals surface area (Å²) in [6.07, 6.45) is 0. The molecule has 1 aliphatic heterocycles. The minimum absolute atomic E-state index is 0.220. The molecule has 2 heterocycles. The van der Waals surface area contributed by atoms with Crippen LogP contribution in [0.4, 0.5) is 0 Å². The monoisotopic (exact) mass is 382 g/mol. The molecule has 0 aliphatic carbocycles. The molecule has 0 fully saturated rings. The quantitative estimate of drug-likeness (QED) is 0.539. The molecule has 1 aromatic heterocycles. The number of benzene rings is 3. The Labute approximate surface area is 165 Å². The maximum absolute atomic E-state index is 12.6. The Hall–Kier alpha value is -4.19. The third kappa shape index (κ3) is 2.78. The SMILES string of the molecule is O=C(ON1C(=O)c2ccccc2C1=O)c1ccc2cc(-c3ccccc3)[nH]c2c1. The Bertz CT molecular complexity index is 1260. The smallest absolute Gasteiger partial charge is 0.355 e. The number of aromatic amines is 1. The highest BCUT2D eigenvalue weighted by molar-refractivity contribution is 6.21. The number of aromatic nitrogens is 1. The third-order valence-corrected chi connectivity index (χ3v) is 4.87. The molecule has 1 aliphatic rings. The van der Waals surface area contributed by atoms with Crippen molar-refractivity contribution in [3.63, 3.8) is 0 Å². The van der Waals surface area contributed by atoms with Crippen LogP contribution < -0.4 is 0 Å². The Morgan fingerprint density at radius 1 is 0.793 bits per heavy atom. The molecule has 5 rings (SSSR count). The van der Waals surface area contributed by atoms with Crippen molar-refractivity contribution in [1.29, 1.82) is 0 Å². The zero-order valence-corrected chi connectivity index (χ0v) is 15.1. The lowest BCUT2D eigenvalue weighted by Crippen LogP contribution is -2.32. The first-order valence-electron chi connectivity index (χ1n) is 9.00. The van der Waals surface area contributed by atoms with E-state index < -0.39 is 17.8 Å². The second-order valence-corrected chi connectivity index (χ2v) is 6.68. The van der Waals surface area contributed by atoms with E-state index in [1.54, 1.807) is 30.3 Å². The van der Waals surface area contributed by atoms with Gasteiger partial charge in [-0.3, -0.25) is 9.59 Å². The van der Waals surface area contributed by atoms with Crippen LogP contribution in [0.2, 0.25) is 0 Å². The number of hydrogen-bond acceptors (Lipinski definition) is 4. The van der Waals surface area contributed by atoms with Crippen molar-refractivity contribution in [3.05, 3.63) is 95.6 Å². The second-order valence-electron chi connectivity index (χ2n) is 6.68. The van der Waals surface area contributed by atoms with Gasteiger partial charge in [-0.1, -0.05) is 53.6 Å². The summed E-state index contributed by atoms with van der Waals surface area (Å²) in [5.41, 5.74) is 3.37. The molecule has 0 saturated carbocycles. The predicted octanol–water partition coefficient (Wildman–Crippen LogP) is 4.20. The first-order valence-corrected chi connectivity index (χ1v) is 9.00. The summed E-state index contributed by atoms with van der Waals surface area (Å²) < 4.78 is 0. The summed E-state index contributed by atoms with van der Waals surface area (Å²) in [4.78, 5) is 45.7. The minimum Gasteiger partial charge on any atom is -0.355 e. The highest BCUT2D eigenvalue weighted by Gasteiger charge is 2.38. The molecule has 0 bridgehead atoms. The van der Waals surface area contributed by atoms with Gasteiger partial charge in [0.25, 0.3) is 11.8 Å². The Morgan fingerprint density at radius 3 is 2.14 bits per heavy atom. The van der Waals surface area contributed by atoms with Crippen molar-refractivity contribution >= 4 is 28.7 Å². The van der Waals surface area contributed by atoms with Crippen molar-refractivity contribution in [2.24, 2.45) is 0 Å². The third-order valence-electron chi connectivity index (χ3n) is 4.87. The van der Waals surface area contributed by atoms with Gasteiger partial charge in [-0.25, -0.2) is 4.79 Å². The van der Waals surface area contributed by atoms with Crippen LogP contribution in [0.15, 0.2) is 78.9 Å². The molecule has 0 atom stereocenters. The molecule has 0 unspecified atom stereocenters. The van der Waals surface area contributed by atoms with Crippen LogP contribution >= 0.6 is 0 Å². The average Bonchev–Trinajstić information content (AvgIpc) is 3.29. The topological polar surface area (TPSA) is 79.5 Å². The fraction of sp³-hybridized carbons (Fsp3) is 0. The number of imide groups is 1. The van der Waals surface area contributed by atoms with Crippen molar-refractivity contribution in [3.8, 4) is 11.3 Å². The van der Waals surface area contributed by atoms with E-state index in [2.05, 4.69) is 4.98 Å². The maximum atomic E-state index is 12.6. The minimum atomic E-state index is -0.780. The number of hydroxylamine groups is 2. The lowest BCUT2D eigenvalue weighted by atomic mass is 10.1. The van der Waals surface area contributed by atoms with Gasteiger partial charge in [0, 0.05) is 16.6 Å². The molecule has 4 aromatic rings. The Balaban J connectivity index is 1.42. The number of H-pyrrole nitrogens is 1. The van der Waals surface area contributed by atoms with E-state index in [9.17, 15) is 14.4 Å². The molecule has 0 radical (unpaired) electrons. The van der Waals surface area contributed by atoms with E-state index in [1.807, 2.05) is 36.4 Å². The van der Waals surface area contributed by atoms with Gasteiger partial charge in [0.15, 0.2) is 0 Å². The maximum Gasteiger partial charge on any atom is 0.364 e. The van der Waals surface area contributed by atoms with E-state index in [-0.39, 0.29) is 16.7 Å². The van der Waals surface area contributed by atoms with E-state index in [4.69, 9.17) is 4.84 Å². The molecular formula is C23H14N2O4. The van der Waals surface area contributed by atoms with Crippen molar-refractivity contribution < 1.29 is 19.2 Å². The van der Waals surface area contributed by atoms with E-state index in [1.165, 1.54) is 12.1 Å². The van der Waals surface area contributed by atoms with Gasteiger partial charge in [0.1, 0.15) is 0 Å². The predicted molar refractivity (Wildman–Crippen MR) is 106 cm³/mol. The number of rotatable bonds is 3. The zero-order valence-electron chi connectivity index (χ0n) is 15.1. The molecule has 3 aromatic carbocycles. The van der Waals surface area contributed by atoms with Crippen LogP contribution in [-0.2, 0) is 4.84 Å². The normalized spacial score (nSPS) is 13.0. The summed E-state index contributed by atoms with van der Waals surface area (Å²) in [7, 11) is 0. The fourth-order valence-electron chi connectivity index (χ4n) is 3.41. The molecule has 6 nitrogen and oxygen atoms in total. The fourth-order valence-corrected chi connectivity index (χ4v) is 3.41. The highest BCUT2D eigenvalue weighted by Crippen LogP contribution is 2.26. The number of carbonyl (C=O) groups is 3. The number of fused-ring (bicyclic) bond motifs is 2. The molecule has 0 saturated heterocycles.